The highest BCUT2D eigenvalue weighted by atomic mass is 127. The molecule has 1 heterocycles. The first-order valence-electron chi connectivity index (χ1n) is 5.08. The van der Waals surface area contributed by atoms with Crippen molar-refractivity contribution < 1.29 is 0 Å². The zero-order chi connectivity index (χ0) is 8.10. The van der Waals surface area contributed by atoms with Crippen LogP contribution in [0, 0.1) is 0 Å². The first-order valence-corrected chi connectivity index (χ1v) is 6.86. The molecule has 0 nitrogen and oxygen atoms in total. The van der Waals surface area contributed by atoms with Gasteiger partial charge in [0.1, 0.15) is 0 Å². The topological polar surface area (TPSA) is 0 Å². The van der Waals surface area contributed by atoms with Crippen molar-refractivity contribution in [3.8, 4) is 0 Å². The predicted molar refractivity (Wildman–Crippen MR) is 70.3 cm³/mol. The molecule has 1 atom stereocenters. The van der Waals surface area contributed by atoms with Crippen molar-refractivity contribution >= 4 is 31.9 Å². The van der Waals surface area contributed by atoms with Gasteiger partial charge in [-0.3, -0.25) is 0 Å². The maximum absolute atomic E-state index is 2.48. The summed E-state index contributed by atoms with van der Waals surface area (Å²) in [6.45, 7) is 4.78. The van der Waals surface area contributed by atoms with E-state index in [1.807, 2.05) is 0 Å². The first-order chi connectivity index (χ1) is 5.34. The SMILES string of the molecule is CCCCC(C)P1CCCC1.I. The van der Waals surface area contributed by atoms with Gasteiger partial charge in [0, 0.05) is 0 Å². The van der Waals surface area contributed by atoms with Crippen LogP contribution in [0.3, 0.4) is 0 Å². The first kappa shape index (κ1) is 13.2. The predicted octanol–water partition coefficient (Wildman–Crippen LogP) is 4.46. The molecule has 74 valence electrons. The molecule has 0 radical (unpaired) electrons. The molecule has 0 spiro atoms. The maximum Gasteiger partial charge on any atom is -0.0238 e. The second-order valence-corrected chi connectivity index (χ2v) is 6.69. The molecule has 12 heavy (non-hydrogen) atoms. The second-order valence-electron chi connectivity index (χ2n) is 3.73. The Morgan fingerprint density at radius 2 is 1.83 bits per heavy atom. The highest BCUT2D eigenvalue weighted by Crippen LogP contribution is 2.49. The van der Waals surface area contributed by atoms with E-state index in [2.05, 4.69) is 13.8 Å². The normalized spacial score (nSPS) is 20.5. The van der Waals surface area contributed by atoms with E-state index in [0.29, 0.717) is 7.92 Å². The van der Waals surface area contributed by atoms with Crippen LogP contribution in [-0.4, -0.2) is 18.0 Å². The second kappa shape index (κ2) is 7.55. The Hall–Kier alpha value is 1.16. The Balaban J connectivity index is 0.00000121. The minimum absolute atomic E-state index is 0. The number of halogens is 1. The van der Waals surface area contributed by atoms with Crippen LogP contribution < -0.4 is 0 Å². The molecule has 1 aliphatic heterocycles. The Morgan fingerprint density at radius 1 is 1.25 bits per heavy atom. The van der Waals surface area contributed by atoms with Crippen LogP contribution in [-0.2, 0) is 0 Å². The molecule has 0 aliphatic carbocycles. The fourth-order valence-electron chi connectivity index (χ4n) is 1.86. The third-order valence-electron chi connectivity index (χ3n) is 2.74. The van der Waals surface area contributed by atoms with Crippen LogP contribution in [0.1, 0.15) is 46.0 Å². The lowest BCUT2D eigenvalue weighted by Gasteiger charge is -2.18. The van der Waals surface area contributed by atoms with E-state index in [1.54, 1.807) is 12.3 Å². The average molecular weight is 300 g/mol. The summed E-state index contributed by atoms with van der Waals surface area (Å²) in [6, 6.07) is 0. The van der Waals surface area contributed by atoms with E-state index in [9.17, 15) is 0 Å². The van der Waals surface area contributed by atoms with Crippen molar-refractivity contribution in [1.82, 2.24) is 0 Å². The molecule has 1 unspecified atom stereocenters. The zero-order valence-electron chi connectivity index (χ0n) is 8.38. The van der Waals surface area contributed by atoms with Crippen LogP contribution in [0.4, 0.5) is 0 Å². The maximum atomic E-state index is 2.48. The molecule has 1 aliphatic rings. The third-order valence-corrected chi connectivity index (χ3v) is 6.03. The summed E-state index contributed by atoms with van der Waals surface area (Å²) < 4.78 is 0. The lowest BCUT2D eigenvalue weighted by molar-refractivity contribution is 0.707. The lowest BCUT2D eigenvalue weighted by atomic mass is 10.2. The Bertz CT molecular complexity index is 100. The van der Waals surface area contributed by atoms with Crippen LogP contribution in [0.5, 0.6) is 0 Å². The average Bonchev–Trinajstić information content (AvgIpc) is 2.52. The van der Waals surface area contributed by atoms with Gasteiger partial charge in [-0.15, -0.1) is 31.9 Å². The molecule has 1 fully saturated rings. The molecule has 0 amide bonds. The van der Waals surface area contributed by atoms with Gasteiger partial charge in [-0.05, 0) is 37.2 Å². The monoisotopic (exact) mass is 300 g/mol. The molecule has 0 saturated carbocycles. The van der Waals surface area contributed by atoms with E-state index in [1.165, 1.54) is 32.1 Å². The van der Waals surface area contributed by atoms with E-state index >= 15 is 0 Å². The lowest BCUT2D eigenvalue weighted by Crippen LogP contribution is -2.00. The quantitative estimate of drug-likeness (QED) is 0.531. The van der Waals surface area contributed by atoms with Gasteiger partial charge in [0.05, 0.1) is 0 Å². The van der Waals surface area contributed by atoms with Crippen molar-refractivity contribution in [2.24, 2.45) is 0 Å². The fourth-order valence-corrected chi connectivity index (χ4v) is 4.78. The molecule has 2 heteroatoms. The summed E-state index contributed by atoms with van der Waals surface area (Å²) in [4.78, 5) is 0. The van der Waals surface area contributed by atoms with Gasteiger partial charge in [0.2, 0.25) is 0 Å². The van der Waals surface area contributed by atoms with Crippen molar-refractivity contribution in [1.29, 1.82) is 0 Å². The molecular formula is C10H22IP. The smallest absolute Gasteiger partial charge is 0.0238 e. The van der Waals surface area contributed by atoms with Crippen molar-refractivity contribution in [3.05, 3.63) is 0 Å². The summed E-state index contributed by atoms with van der Waals surface area (Å²) in [5.41, 5.74) is 1.08. The summed E-state index contributed by atoms with van der Waals surface area (Å²) in [7, 11) is 0.482. The van der Waals surface area contributed by atoms with Gasteiger partial charge in [0.25, 0.3) is 0 Å². The Morgan fingerprint density at radius 3 is 2.33 bits per heavy atom. The molecule has 0 aromatic heterocycles. The van der Waals surface area contributed by atoms with Crippen molar-refractivity contribution in [2.45, 2.75) is 51.6 Å². The van der Waals surface area contributed by atoms with Crippen LogP contribution in [0.25, 0.3) is 0 Å². The molecular weight excluding hydrogens is 278 g/mol. The van der Waals surface area contributed by atoms with E-state index in [-0.39, 0.29) is 24.0 Å². The van der Waals surface area contributed by atoms with Gasteiger partial charge < -0.3 is 0 Å². The van der Waals surface area contributed by atoms with Gasteiger partial charge in [0.15, 0.2) is 0 Å². The number of hydrogen-bond donors (Lipinski definition) is 0. The molecule has 0 aromatic rings. The number of rotatable bonds is 4. The molecule has 0 bridgehead atoms. The Labute approximate surface area is 95.7 Å². The van der Waals surface area contributed by atoms with E-state index in [4.69, 9.17) is 0 Å². The fraction of sp³-hybridized carbons (Fsp3) is 1.00. The van der Waals surface area contributed by atoms with E-state index in [0.717, 1.165) is 5.66 Å². The van der Waals surface area contributed by atoms with Crippen LogP contribution in [0.15, 0.2) is 0 Å². The number of unbranched alkanes of at least 4 members (excludes halogenated alkanes) is 1. The summed E-state index contributed by atoms with van der Waals surface area (Å²) in [5.74, 6) is 0. The third kappa shape index (κ3) is 4.41. The van der Waals surface area contributed by atoms with Gasteiger partial charge in [-0.2, -0.15) is 0 Å². The summed E-state index contributed by atoms with van der Waals surface area (Å²) in [6.07, 6.45) is 10.6. The van der Waals surface area contributed by atoms with Crippen LogP contribution >= 0.6 is 31.9 Å². The van der Waals surface area contributed by atoms with Gasteiger partial charge in [-0.1, -0.05) is 26.7 Å². The zero-order valence-corrected chi connectivity index (χ0v) is 11.6. The molecule has 0 N–H and O–H groups in total. The standard InChI is InChI=1S/C10H21P.HI/c1-3-4-7-10(2)11-8-5-6-9-11;/h10H,3-9H2,1-2H3;1H. The molecule has 1 rings (SSSR count). The van der Waals surface area contributed by atoms with Gasteiger partial charge in [-0.25, -0.2) is 0 Å². The highest BCUT2D eigenvalue weighted by molar-refractivity contribution is 14.0. The molecule has 1 saturated heterocycles. The minimum atomic E-state index is 0. The highest BCUT2D eigenvalue weighted by Gasteiger charge is 2.19. The minimum Gasteiger partial charge on any atom is -0.107 e. The number of hydrogen-bond acceptors (Lipinski definition) is 0. The molecule has 0 aromatic carbocycles. The summed E-state index contributed by atoms with van der Waals surface area (Å²) in [5, 5.41) is 0. The van der Waals surface area contributed by atoms with Gasteiger partial charge >= 0.3 is 0 Å². The van der Waals surface area contributed by atoms with Crippen molar-refractivity contribution in [3.63, 3.8) is 0 Å². The van der Waals surface area contributed by atoms with Crippen LogP contribution in [0.2, 0.25) is 0 Å². The van der Waals surface area contributed by atoms with Crippen molar-refractivity contribution in [2.75, 3.05) is 12.3 Å². The largest absolute Gasteiger partial charge is 0.107 e. The summed E-state index contributed by atoms with van der Waals surface area (Å²) >= 11 is 0. The van der Waals surface area contributed by atoms with E-state index < -0.39 is 0 Å². The Kier molecular flexibility index (Phi) is 8.28.